The Morgan fingerprint density at radius 2 is 1.96 bits per heavy atom. The molecular weight excluding hydrogens is 311 g/mol. The molecular formula is C19H23FO2S. The number of aliphatic hydroxyl groups is 1. The number of hydrogen-bond acceptors (Lipinski definition) is 3. The molecule has 0 aliphatic rings. The summed E-state index contributed by atoms with van der Waals surface area (Å²) in [6.07, 6.45) is 0. The SMILES string of the molecule is CC(=O)c1sc(C(c2ccc(C)c(CO)c2)C(C)(C)C)cc1F. The summed E-state index contributed by atoms with van der Waals surface area (Å²) in [5, 5.41) is 9.52. The molecule has 1 unspecified atom stereocenters. The third-order valence-electron chi connectivity index (χ3n) is 4.05. The number of thiophene rings is 1. The van der Waals surface area contributed by atoms with Crippen LogP contribution in [0.2, 0.25) is 0 Å². The molecule has 124 valence electrons. The second-order valence-corrected chi connectivity index (χ2v) is 8.11. The molecule has 0 aliphatic carbocycles. The van der Waals surface area contributed by atoms with E-state index >= 15 is 0 Å². The smallest absolute Gasteiger partial charge is 0.172 e. The molecule has 4 heteroatoms. The highest BCUT2D eigenvalue weighted by atomic mass is 32.1. The number of aryl methyl sites for hydroxylation is 1. The van der Waals surface area contributed by atoms with Crippen molar-refractivity contribution in [3.8, 4) is 0 Å². The van der Waals surface area contributed by atoms with Gasteiger partial charge in [-0.1, -0.05) is 39.0 Å². The highest BCUT2D eigenvalue weighted by molar-refractivity contribution is 7.14. The number of rotatable bonds is 4. The monoisotopic (exact) mass is 334 g/mol. The number of aliphatic hydroxyl groups excluding tert-OH is 1. The van der Waals surface area contributed by atoms with Gasteiger partial charge >= 0.3 is 0 Å². The van der Waals surface area contributed by atoms with Crippen LogP contribution in [0.25, 0.3) is 0 Å². The minimum Gasteiger partial charge on any atom is -0.392 e. The van der Waals surface area contributed by atoms with Crippen molar-refractivity contribution in [2.75, 3.05) is 0 Å². The third-order valence-corrected chi connectivity index (χ3v) is 5.33. The lowest BCUT2D eigenvalue weighted by Gasteiger charge is -2.31. The summed E-state index contributed by atoms with van der Waals surface area (Å²) in [6, 6.07) is 7.47. The first kappa shape index (κ1) is 17.8. The molecule has 0 saturated carbocycles. The fourth-order valence-electron chi connectivity index (χ4n) is 2.90. The predicted octanol–water partition coefficient (Wildman–Crippen LogP) is 5.07. The maximum Gasteiger partial charge on any atom is 0.172 e. The molecule has 0 radical (unpaired) electrons. The highest BCUT2D eigenvalue weighted by Crippen LogP contribution is 2.44. The minimum absolute atomic E-state index is 0.0198. The second-order valence-electron chi connectivity index (χ2n) is 7.03. The Kier molecular flexibility index (Phi) is 5.07. The van der Waals surface area contributed by atoms with Crippen LogP contribution in [0.4, 0.5) is 4.39 Å². The van der Waals surface area contributed by atoms with Crippen LogP contribution in [0, 0.1) is 18.2 Å². The van der Waals surface area contributed by atoms with Gasteiger partial charge in [-0.15, -0.1) is 11.3 Å². The van der Waals surface area contributed by atoms with Gasteiger partial charge in [-0.25, -0.2) is 4.39 Å². The lowest BCUT2D eigenvalue weighted by molar-refractivity contribution is 0.101. The molecule has 23 heavy (non-hydrogen) atoms. The Labute approximate surface area is 141 Å². The first-order chi connectivity index (χ1) is 10.6. The number of ketones is 1. The number of halogens is 1. The topological polar surface area (TPSA) is 37.3 Å². The van der Waals surface area contributed by atoms with E-state index in [2.05, 4.69) is 20.8 Å². The summed E-state index contributed by atoms with van der Waals surface area (Å²) in [5.41, 5.74) is 2.79. The largest absolute Gasteiger partial charge is 0.392 e. The average molecular weight is 334 g/mol. The molecule has 1 aromatic heterocycles. The van der Waals surface area contributed by atoms with Crippen LogP contribution in [0.15, 0.2) is 24.3 Å². The molecule has 1 N–H and O–H groups in total. The van der Waals surface area contributed by atoms with Crippen molar-refractivity contribution in [2.24, 2.45) is 5.41 Å². The van der Waals surface area contributed by atoms with Gasteiger partial charge in [0.2, 0.25) is 0 Å². The van der Waals surface area contributed by atoms with Crippen LogP contribution in [-0.2, 0) is 6.61 Å². The van der Waals surface area contributed by atoms with Crippen molar-refractivity contribution >= 4 is 17.1 Å². The van der Waals surface area contributed by atoms with E-state index < -0.39 is 5.82 Å². The van der Waals surface area contributed by atoms with Crippen molar-refractivity contribution in [1.82, 2.24) is 0 Å². The number of carbonyl (C=O) groups is 1. The Morgan fingerprint density at radius 3 is 2.43 bits per heavy atom. The van der Waals surface area contributed by atoms with Crippen LogP contribution >= 0.6 is 11.3 Å². The van der Waals surface area contributed by atoms with E-state index in [-0.39, 0.29) is 28.6 Å². The summed E-state index contributed by atoms with van der Waals surface area (Å²) in [7, 11) is 0. The lowest BCUT2D eigenvalue weighted by atomic mass is 9.75. The Morgan fingerprint density at radius 1 is 1.30 bits per heavy atom. The molecule has 0 saturated heterocycles. The van der Waals surface area contributed by atoms with E-state index in [1.807, 2.05) is 25.1 Å². The van der Waals surface area contributed by atoms with Crippen LogP contribution in [0.1, 0.15) is 64.9 Å². The highest BCUT2D eigenvalue weighted by Gasteiger charge is 2.31. The van der Waals surface area contributed by atoms with Crippen LogP contribution in [-0.4, -0.2) is 10.9 Å². The molecule has 2 rings (SSSR count). The maximum absolute atomic E-state index is 14.1. The zero-order valence-corrected chi connectivity index (χ0v) is 15.1. The summed E-state index contributed by atoms with van der Waals surface area (Å²) in [4.78, 5) is 12.6. The molecule has 1 atom stereocenters. The van der Waals surface area contributed by atoms with Crippen LogP contribution in [0.3, 0.4) is 0 Å². The van der Waals surface area contributed by atoms with E-state index in [0.29, 0.717) is 0 Å². The van der Waals surface area contributed by atoms with Crippen LogP contribution < -0.4 is 0 Å². The molecule has 0 aliphatic heterocycles. The van der Waals surface area contributed by atoms with E-state index in [4.69, 9.17) is 0 Å². The average Bonchev–Trinajstić information content (AvgIpc) is 2.81. The van der Waals surface area contributed by atoms with Gasteiger partial charge < -0.3 is 5.11 Å². The Hall–Kier alpha value is -1.52. The molecule has 0 bridgehead atoms. The van der Waals surface area contributed by atoms with Gasteiger partial charge in [0.1, 0.15) is 10.7 Å². The summed E-state index contributed by atoms with van der Waals surface area (Å²) in [6.45, 7) is 9.62. The molecule has 2 nitrogen and oxygen atoms in total. The van der Waals surface area contributed by atoms with Crippen molar-refractivity contribution in [3.05, 3.63) is 56.5 Å². The van der Waals surface area contributed by atoms with Gasteiger partial charge in [0.05, 0.1) is 6.61 Å². The van der Waals surface area contributed by atoms with Crippen molar-refractivity contribution in [1.29, 1.82) is 0 Å². The third kappa shape index (κ3) is 3.70. The predicted molar refractivity (Wildman–Crippen MR) is 92.7 cm³/mol. The van der Waals surface area contributed by atoms with Gasteiger partial charge in [0.25, 0.3) is 0 Å². The van der Waals surface area contributed by atoms with Crippen LogP contribution in [0.5, 0.6) is 0 Å². The zero-order chi connectivity index (χ0) is 17.4. The van der Waals surface area contributed by atoms with E-state index in [1.165, 1.54) is 24.3 Å². The summed E-state index contributed by atoms with van der Waals surface area (Å²) in [5.74, 6) is -0.728. The number of carbonyl (C=O) groups excluding carboxylic acids is 1. The standard InChI is InChI=1S/C19H23FO2S/c1-11-6-7-13(8-14(11)10-21)17(19(3,4)5)16-9-15(20)18(23-16)12(2)22/h6-9,17,21H,10H2,1-5H3. The van der Waals surface area contributed by atoms with E-state index in [0.717, 1.165) is 21.6 Å². The van der Waals surface area contributed by atoms with E-state index in [1.54, 1.807) is 0 Å². The van der Waals surface area contributed by atoms with E-state index in [9.17, 15) is 14.3 Å². The molecule has 0 amide bonds. The first-order valence-electron chi connectivity index (χ1n) is 7.65. The summed E-state index contributed by atoms with van der Waals surface area (Å²) < 4.78 is 14.1. The first-order valence-corrected chi connectivity index (χ1v) is 8.47. The quantitative estimate of drug-likeness (QED) is 0.793. The molecule has 2 aromatic rings. The second kappa shape index (κ2) is 6.54. The van der Waals surface area contributed by atoms with Gasteiger partial charge in [-0.05, 0) is 35.1 Å². The lowest BCUT2D eigenvalue weighted by Crippen LogP contribution is -2.19. The molecule has 1 aromatic carbocycles. The maximum atomic E-state index is 14.1. The number of benzene rings is 1. The number of Topliss-reactive ketones (excluding diaryl/α,β-unsaturated/α-hetero) is 1. The fourth-order valence-corrected chi connectivity index (χ4v) is 4.21. The normalized spacial score (nSPS) is 13.2. The zero-order valence-electron chi connectivity index (χ0n) is 14.2. The number of hydrogen-bond donors (Lipinski definition) is 1. The molecule has 0 fully saturated rings. The van der Waals surface area contributed by atoms with Gasteiger partial charge in [0, 0.05) is 17.7 Å². The Bertz CT molecular complexity index is 725. The van der Waals surface area contributed by atoms with Gasteiger partial charge in [-0.3, -0.25) is 4.79 Å². The van der Waals surface area contributed by atoms with Crippen molar-refractivity contribution < 1.29 is 14.3 Å². The molecule has 1 heterocycles. The molecule has 0 spiro atoms. The Balaban J connectivity index is 2.59. The minimum atomic E-state index is -0.443. The summed E-state index contributed by atoms with van der Waals surface area (Å²) >= 11 is 1.23. The van der Waals surface area contributed by atoms with Gasteiger partial charge in [-0.2, -0.15) is 0 Å². The van der Waals surface area contributed by atoms with Crippen molar-refractivity contribution in [3.63, 3.8) is 0 Å². The van der Waals surface area contributed by atoms with Gasteiger partial charge in [0.15, 0.2) is 5.78 Å². The van der Waals surface area contributed by atoms with Crippen molar-refractivity contribution in [2.45, 2.75) is 47.1 Å². The fraction of sp³-hybridized carbons (Fsp3) is 0.421.